The summed E-state index contributed by atoms with van der Waals surface area (Å²) in [5.41, 5.74) is 2.14. The number of fused-ring (bicyclic) bond motifs is 1. The fourth-order valence-electron chi connectivity index (χ4n) is 2.33. The molecule has 2 rings (SSSR count). The molecule has 0 radical (unpaired) electrons. The number of carbonyl (C=O) groups excluding carboxylic acids is 2. The second kappa shape index (κ2) is 6.32. The Morgan fingerprint density at radius 1 is 1.21 bits per heavy atom. The number of rotatable bonds is 1. The summed E-state index contributed by atoms with van der Waals surface area (Å²) in [6.45, 7) is 1.43. The number of ether oxygens (including phenoxy) is 1. The van der Waals surface area contributed by atoms with Gasteiger partial charge in [0.1, 0.15) is 11.9 Å². The summed E-state index contributed by atoms with van der Waals surface area (Å²) in [5, 5.41) is 0. The first kappa shape index (κ1) is 13.5. The minimum Gasteiger partial charge on any atom is -0.462 e. The first-order valence-electron chi connectivity index (χ1n) is 6.56. The third-order valence-corrected chi connectivity index (χ3v) is 3.20. The summed E-state index contributed by atoms with van der Waals surface area (Å²) < 4.78 is 5.33. The SMILES string of the molecule is CC(=O)OC1CC=CCC(=O)Cc2ccccc2C1. The van der Waals surface area contributed by atoms with Gasteiger partial charge in [0.25, 0.3) is 0 Å². The van der Waals surface area contributed by atoms with Crippen LogP contribution in [-0.4, -0.2) is 17.9 Å². The van der Waals surface area contributed by atoms with Gasteiger partial charge in [-0.1, -0.05) is 36.4 Å². The van der Waals surface area contributed by atoms with E-state index in [2.05, 4.69) is 0 Å². The van der Waals surface area contributed by atoms with Gasteiger partial charge in [0.2, 0.25) is 0 Å². The lowest BCUT2D eigenvalue weighted by Gasteiger charge is -2.18. The Kier molecular flexibility index (Phi) is 4.50. The van der Waals surface area contributed by atoms with E-state index in [1.54, 1.807) is 0 Å². The van der Waals surface area contributed by atoms with Gasteiger partial charge in [-0.05, 0) is 11.1 Å². The summed E-state index contributed by atoms with van der Waals surface area (Å²) in [5.74, 6) is -0.0429. The Morgan fingerprint density at radius 2 is 1.95 bits per heavy atom. The molecule has 1 aromatic rings. The van der Waals surface area contributed by atoms with E-state index in [1.807, 2.05) is 36.4 Å². The smallest absolute Gasteiger partial charge is 0.302 e. The number of carbonyl (C=O) groups is 2. The molecule has 3 heteroatoms. The van der Waals surface area contributed by atoms with E-state index >= 15 is 0 Å². The van der Waals surface area contributed by atoms with Crippen LogP contribution in [0.4, 0.5) is 0 Å². The molecule has 0 amide bonds. The maximum atomic E-state index is 11.8. The van der Waals surface area contributed by atoms with Crippen molar-refractivity contribution in [3.05, 3.63) is 47.5 Å². The highest BCUT2D eigenvalue weighted by Gasteiger charge is 2.16. The molecule has 0 bridgehead atoms. The number of allylic oxidation sites excluding steroid dienone is 1. The number of benzene rings is 1. The van der Waals surface area contributed by atoms with Crippen molar-refractivity contribution in [2.75, 3.05) is 0 Å². The minimum atomic E-state index is -0.260. The van der Waals surface area contributed by atoms with Gasteiger partial charge in [-0.2, -0.15) is 0 Å². The molecular weight excluding hydrogens is 240 g/mol. The molecule has 1 unspecified atom stereocenters. The standard InChI is InChI=1S/C16H18O3/c1-12(17)19-16-9-5-4-8-15(18)10-13-6-2-3-7-14(13)11-16/h2-7,16H,8-11H2,1H3. The van der Waals surface area contributed by atoms with Crippen molar-refractivity contribution < 1.29 is 14.3 Å². The third-order valence-electron chi connectivity index (χ3n) is 3.20. The van der Waals surface area contributed by atoms with Gasteiger partial charge < -0.3 is 4.74 Å². The number of ketones is 1. The molecule has 0 saturated heterocycles. The highest BCUT2D eigenvalue weighted by molar-refractivity contribution is 5.82. The predicted octanol–water partition coefficient (Wildman–Crippen LogP) is 2.62. The molecule has 0 fully saturated rings. The molecule has 1 atom stereocenters. The fraction of sp³-hybridized carbons (Fsp3) is 0.375. The van der Waals surface area contributed by atoms with E-state index in [9.17, 15) is 9.59 Å². The van der Waals surface area contributed by atoms with Crippen molar-refractivity contribution in [2.45, 2.75) is 38.7 Å². The van der Waals surface area contributed by atoms with Crippen LogP contribution in [0.1, 0.15) is 30.9 Å². The fourth-order valence-corrected chi connectivity index (χ4v) is 2.33. The normalized spacial score (nSPS) is 19.6. The van der Waals surface area contributed by atoms with Crippen LogP contribution in [0, 0.1) is 0 Å². The number of Topliss-reactive ketones (excluding diaryl/α,β-unsaturated/α-hetero) is 1. The molecule has 0 saturated carbocycles. The van der Waals surface area contributed by atoms with Gasteiger partial charge in [-0.3, -0.25) is 9.59 Å². The summed E-state index contributed by atoms with van der Waals surface area (Å²) in [7, 11) is 0. The Bertz CT molecular complexity index is 502. The maximum absolute atomic E-state index is 11.8. The number of hydrogen-bond acceptors (Lipinski definition) is 3. The van der Waals surface area contributed by atoms with Crippen LogP contribution in [0.5, 0.6) is 0 Å². The largest absolute Gasteiger partial charge is 0.462 e. The van der Waals surface area contributed by atoms with Gasteiger partial charge in [-0.25, -0.2) is 0 Å². The van der Waals surface area contributed by atoms with Crippen molar-refractivity contribution in [1.29, 1.82) is 0 Å². The van der Waals surface area contributed by atoms with E-state index < -0.39 is 0 Å². The average Bonchev–Trinajstić information content (AvgIpc) is 2.36. The topological polar surface area (TPSA) is 43.4 Å². The maximum Gasteiger partial charge on any atom is 0.302 e. The molecular formula is C16H18O3. The lowest BCUT2D eigenvalue weighted by atomic mass is 9.94. The number of esters is 1. The minimum absolute atomic E-state index is 0.150. The Balaban J connectivity index is 2.25. The zero-order chi connectivity index (χ0) is 13.7. The highest BCUT2D eigenvalue weighted by atomic mass is 16.5. The predicted molar refractivity (Wildman–Crippen MR) is 72.8 cm³/mol. The van der Waals surface area contributed by atoms with Crippen molar-refractivity contribution >= 4 is 11.8 Å². The Morgan fingerprint density at radius 3 is 2.68 bits per heavy atom. The molecule has 0 spiro atoms. The first-order valence-corrected chi connectivity index (χ1v) is 6.56. The molecule has 0 aliphatic heterocycles. The Labute approximate surface area is 113 Å². The van der Waals surface area contributed by atoms with Gasteiger partial charge >= 0.3 is 5.97 Å². The molecule has 100 valence electrons. The molecule has 0 aromatic heterocycles. The number of hydrogen-bond donors (Lipinski definition) is 0. The molecule has 1 aliphatic rings. The molecule has 1 aromatic carbocycles. The van der Waals surface area contributed by atoms with Crippen LogP contribution >= 0.6 is 0 Å². The third kappa shape index (κ3) is 4.05. The zero-order valence-corrected chi connectivity index (χ0v) is 11.1. The van der Waals surface area contributed by atoms with Crippen LogP contribution in [0.2, 0.25) is 0 Å². The van der Waals surface area contributed by atoms with Gasteiger partial charge in [0, 0.05) is 32.6 Å². The van der Waals surface area contributed by atoms with E-state index in [-0.39, 0.29) is 17.9 Å². The quantitative estimate of drug-likeness (QED) is 0.574. The summed E-state index contributed by atoms with van der Waals surface area (Å²) in [4.78, 5) is 22.9. The van der Waals surface area contributed by atoms with Crippen molar-refractivity contribution in [3.63, 3.8) is 0 Å². The summed E-state index contributed by atoms with van der Waals surface area (Å²) in [6, 6.07) is 7.87. The first-order chi connectivity index (χ1) is 9.15. The lowest BCUT2D eigenvalue weighted by Crippen LogP contribution is -2.20. The van der Waals surface area contributed by atoms with E-state index in [0.29, 0.717) is 25.7 Å². The summed E-state index contributed by atoms with van der Waals surface area (Å²) >= 11 is 0. The van der Waals surface area contributed by atoms with Crippen molar-refractivity contribution in [2.24, 2.45) is 0 Å². The van der Waals surface area contributed by atoms with Crippen LogP contribution in [0.3, 0.4) is 0 Å². The lowest BCUT2D eigenvalue weighted by molar-refractivity contribution is -0.146. The van der Waals surface area contributed by atoms with Crippen LogP contribution in [0.25, 0.3) is 0 Å². The van der Waals surface area contributed by atoms with Gasteiger partial charge in [0.05, 0.1) is 0 Å². The summed E-state index contributed by atoms with van der Waals surface area (Å²) in [6.07, 6.45) is 5.86. The zero-order valence-electron chi connectivity index (χ0n) is 11.1. The average molecular weight is 258 g/mol. The molecule has 1 aliphatic carbocycles. The second-order valence-electron chi connectivity index (χ2n) is 4.83. The van der Waals surface area contributed by atoms with E-state index in [1.165, 1.54) is 6.92 Å². The van der Waals surface area contributed by atoms with E-state index in [0.717, 1.165) is 11.1 Å². The van der Waals surface area contributed by atoms with E-state index in [4.69, 9.17) is 4.74 Å². The van der Waals surface area contributed by atoms with Crippen LogP contribution in [-0.2, 0) is 27.2 Å². The van der Waals surface area contributed by atoms with Gasteiger partial charge in [0.15, 0.2) is 0 Å². The Hall–Kier alpha value is -1.90. The van der Waals surface area contributed by atoms with Crippen LogP contribution < -0.4 is 0 Å². The highest BCUT2D eigenvalue weighted by Crippen LogP contribution is 2.18. The molecule has 0 N–H and O–H groups in total. The monoisotopic (exact) mass is 258 g/mol. The molecule has 3 nitrogen and oxygen atoms in total. The molecule has 19 heavy (non-hydrogen) atoms. The van der Waals surface area contributed by atoms with Gasteiger partial charge in [-0.15, -0.1) is 0 Å². The molecule has 0 heterocycles. The van der Waals surface area contributed by atoms with Crippen LogP contribution in [0.15, 0.2) is 36.4 Å². The van der Waals surface area contributed by atoms with Crippen molar-refractivity contribution in [3.8, 4) is 0 Å². The van der Waals surface area contributed by atoms with Crippen molar-refractivity contribution in [1.82, 2.24) is 0 Å². The second-order valence-corrected chi connectivity index (χ2v) is 4.83.